The number of fused-ring (bicyclic) bond motifs is 1. The molecule has 0 unspecified atom stereocenters. The highest BCUT2D eigenvalue weighted by Gasteiger charge is 2.13. The lowest BCUT2D eigenvalue weighted by molar-refractivity contribution is -0.145. The van der Waals surface area contributed by atoms with Crippen LogP contribution in [0.2, 0.25) is 0 Å². The number of hydrogen-bond acceptors (Lipinski definition) is 5. The molecule has 1 heterocycles. The second-order valence-electron chi connectivity index (χ2n) is 5.07. The summed E-state index contributed by atoms with van der Waals surface area (Å²) < 4.78 is 15.7. The summed E-state index contributed by atoms with van der Waals surface area (Å²) in [4.78, 5) is 23.2. The molecule has 0 fully saturated rings. The number of aryl methyl sites for hydroxylation is 2. The van der Waals surface area contributed by atoms with Crippen LogP contribution in [0.1, 0.15) is 31.4 Å². The molecule has 1 aromatic carbocycles. The first kappa shape index (κ1) is 16.1. The van der Waals surface area contributed by atoms with Crippen molar-refractivity contribution in [2.24, 2.45) is 0 Å². The van der Waals surface area contributed by atoms with E-state index in [9.17, 15) is 9.59 Å². The van der Waals surface area contributed by atoms with Gasteiger partial charge in [0.15, 0.2) is 6.61 Å². The molecule has 0 aliphatic carbocycles. The number of rotatable bonds is 6. The quantitative estimate of drug-likeness (QED) is 0.606. The lowest BCUT2D eigenvalue weighted by Gasteiger charge is -2.12. The van der Waals surface area contributed by atoms with Crippen LogP contribution < -0.4 is 10.4 Å². The van der Waals surface area contributed by atoms with Crippen molar-refractivity contribution in [1.82, 2.24) is 0 Å². The lowest BCUT2D eigenvalue weighted by atomic mass is 10.0. The number of benzene rings is 1. The van der Waals surface area contributed by atoms with Gasteiger partial charge in [0, 0.05) is 6.07 Å². The Morgan fingerprint density at radius 2 is 2.00 bits per heavy atom. The summed E-state index contributed by atoms with van der Waals surface area (Å²) in [6.07, 6.45) is 1.63. The van der Waals surface area contributed by atoms with E-state index < -0.39 is 5.97 Å². The lowest BCUT2D eigenvalue weighted by Crippen LogP contribution is -2.15. The molecule has 0 radical (unpaired) electrons. The molecule has 0 aliphatic heterocycles. The number of esters is 1. The van der Waals surface area contributed by atoms with Crippen LogP contribution >= 0.6 is 0 Å². The van der Waals surface area contributed by atoms with Crippen LogP contribution in [0, 0.1) is 6.92 Å². The van der Waals surface area contributed by atoms with Crippen molar-refractivity contribution in [1.29, 1.82) is 0 Å². The smallest absolute Gasteiger partial charge is 0.344 e. The second kappa shape index (κ2) is 7.11. The highest BCUT2D eigenvalue weighted by atomic mass is 16.6. The number of ether oxygens (including phenoxy) is 2. The normalized spacial score (nSPS) is 10.7. The highest BCUT2D eigenvalue weighted by Crippen LogP contribution is 2.30. The van der Waals surface area contributed by atoms with Crippen molar-refractivity contribution in [3.63, 3.8) is 0 Å². The molecule has 0 saturated carbocycles. The fourth-order valence-corrected chi connectivity index (χ4v) is 2.39. The highest BCUT2D eigenvalue weighted by molar-refractivity contribution is 5.88. The average molecular weight is 304 g/mol. The zero-order valence-electron chi connectivity index (χ0n) is 13.1. The Kier molecular flexibility index (Phi) is 5.20. The minimum absolute atomic E-state index is 0.170. The van der Waals surface area contributed by atoms with E-state index in [-0.39, 0.29) is 12.2 Å². The SMILES string of the molecule is CCCc1cc(=O)oc2cc(C)cc(OCC(=O)OCC)c12. The van der Waals surface area contributed by atoms with Gasteiger partial charge in [-0.15, -0.1) is 0 Å². The van der Waals surface area contributed by atoms with Crippen LogP contribution in [0.4, 0.5) is 0 Å². The van der Waals surface area contributed by atoms with Crippen molar-refractivity contribution in [3.8, 4) is 5.75 Å². The Hall–Kier alpha value is -2.30. The van der Waals surface area contributed by atoms with Crippen molar-refractivity contribution in [3.05, 3.63) is 39.7 Å². The fourth-order valence-electron chi connectivity index (χ4n) is 2.39. The standard InChI is InChI=1S/C17H20O5/c1-4-6-12-9-15(18)22-14-8-11(3)7-13(17(12)14)21-10-16(19)20-5-2/h7-9H,4-6,10H2,1-3H3. The van der Waals surface area contributed by atoms with E-state index in [1.807, 2.05) is 19.9 Å². The monoisotopic (exact) mass is 304 g/mol. The van der Waals surface area contributed by atoms with Gasteiger partial charge in [-0.1, -0.05) is 13.3 Å². The number of carbonyl (C=O) groups excluding carboxylic acids is 1. The van der Waals surface area contributed by atoms with E-state index in [1.54, 1.807) is 13.0 Å². The Morgan fingerprint density at radius 1 is 1.23 bits per heavy atom. The third-order valence-electron chi connectivity index (χ3n) is 3.20. The van der Waals surface area contributed by atoms with Gasteiger partial charge in [0.05, 0.1) is 12.0 Å². The molecule has 5 heteroatoms. The summed E-state index contributed by atoms with van der Waals surface area (Å²) >= 11 is 0. The van der Waals surface area contributed by atoms with Gasteiger partial charge in [-0.05, 0) is 43.5 Å². The summed E-state index contributed by atoms with van der Waals surface area (Å²) in [7, 11) is 0. The first-order valence-electron chi connectivity index (χ1n) is 7.41. The zero-order valence-corrected chi connectivity index (χ0v) is 13.1. The predicted octanol–water partition coefficient (Wildman–Crippen LogP) is 3.00. The molecule has 0 N–H and O–H groups in total. The topological polar surface area (TPSA) is 65.7 Å². The summed E-state index contributed by atoms with van der Waals surface area (Å²) in [5.74, 6) is 0.113. The molecule has 0 bridgehead atoms. The average Bonchev–Trinajstić information content (AvgIpc) is 2.44. The fraction of sp³-hybridized carbons (Fsp3) is 0.412. The maximum Gasteiger partial charge on any atom is 0.344 e. The first-order chi connectivity index (χ1) is 10.5. The molecule has 0 spiro atoms. The van der Waals surface area contributed by atoms with E-state index >= 15 is 0 Å². The minimum Gasteiger partial charge on any atom is -0.481 e. The van der Waals surface area contributed by atoms with E-state index in [0.717, 1.165) is 29.4 Å². The van der Waals surface area contributed by atoms with Crippen LogP contribution in [-0.2, 0) is 16.0 Å². The molecule has 0 saturated heterocycles. The summed E-state index contributed by atoms with van der Waals surface area (Å²) in [6.45, 7) is 5.80. The molecule has 118 valence electrons. The molecule has 5 nitrogen and oxygen atoms in total. The number of carbonyl (C=O) groups is 1. The maximum absolute atomic E-state index is 11.7. The van der Waals surface area contributed by atoms with E-state index in [4.69, 9.17) is 13.9 Å². The Labute approximate surface area is 128 Å². The largest absolute Gasteiger partial charge is 0.481 e. The zero-order chi connectivity index (χ0) is 16.1. The number of hydrogen-bond donors (Lipinski definition) is 0. The van der Waals surface area contributed by atoms with Crippen molar-refractivity contribution < 1.29 is 18.7 Å². The van der Waals surface area contributed by atoms with Gasteiger partial charge in [0.25, 0.3) is 0 Å². The van der Waals surface area contributed by atoms with E-state index in [2.05, 4.69) is 0 Å². The molecular formula is C17H20O5. The Balaban J connectivity index is 2.47. The van der Waals surface area contributed by atoms with Crippen LogP contribution in [0.25, 0.3) is 11.0 Å². The van der Waals surface area contributed by atoms with Crippen molar-refractivity contribution in [2.45, 2.75) is 33.6 Å². The maximum atomic E-state index is 11.7. The van der Waals surface area contributed by atoms with Gasteiger partial charge in [-0.3, -0.25) is 0 Å². The van der Waals surface area contributed by atoms with Gasteiger partial charge in [0.1, 0.15) is 11.3 Å². The Morgan fingerprint density at radius 3 is 2.68 bits per heavy atom. The third-order valence-corrected chi connectivity index (χ3v) is 3.20. The van der Waals surface area contributed by atoms with Gasteiger partial charge in [0.2, 0.25) is 0 Å². The van der Waals surface area contributed by atoms with Crippen LogP contribution in [0.3, 0.4) is 0 Å². The van der Waals surface area contributed by atoms with Gasteiger partial charge in [-0.25, -0.2) is 9.59 Å². The Bertz CT molecular complexity index is 730. The molecule has 2 aromatic rings. The molecule has 0 atom stereocenters. The van der Waals surface area contributed by atoms with E-state index in [1.165, 1.54) is 6.07 Å². The summed E-state index contributed by atoms with van der Waals surface area (Å²) in [6, 6.07) is 5.12. The van der Waals surface area contributed by atoms with Gasteiger partial charge in [-0.2, -0.15) is 0 Å². The predicted molar refractivity (Wildman–Crippen MR) is 83.3 cm³/mol. The summed E-state index contributed by atoms with van der Waals surface area (Å²) in [5, 5.41) is 0.747. The van der Waals surface area contributed by atoms with Gasteiger partial charge >= 0.3 is 11.6 Å². The van der Waals surface area contributed by atoms with E-state index in [0.29, 0.717) is 17.9 Å². The van der Waals surface area contributed by atoms with Gasteiger partial charge < -0.3 is 13.9 Å². The summed E-state index contributed by atoms with van der Waals surface area (Å²) in [5.41, 5.74) is 1.86. The first-order valence-corrected chi connectivity index (χ1v) is 7.41. The molecular weight excluding hydrogens is 284 g/mol. The van der Waals surface area contributed by atoms with Crippen molar-refractivity contribution >= 4 is 16.9 Å². The third kappa shape index (κ3) is 3.67. The minimum atomic E-state index is -0.424. The molecule has 2 rings (SSSR count). The van der Waals surface area contributed by atoms with Crippen LogP contribution in [-0.4, -0.2) is 19.2 Å². The van der Waals surface area contributed by atoms with Crippen molar-refractivity contribution in [2.75, 3.05) is 13.2 Å². The second-order valence-corrected chi connectivity index (χ2v) is 5.07. The molecule has 0 aliphatic rings. The van der Waals surface area contributed by atoms with Crippen LogP contribution in [0.15, 0.2) is 27.4 Å². The van der Waals surface area contributed by atoms with Crippen LogP contribution in [0.5, 0.6) is 5.75 Å². The molecule has 22 heavy (non-hydrogen) atoms. The molecule has 1 aromatic heterocycles. The molecule has 0 amide bonds.